The summed E-state index contributed by atoms with van der Waals surface area (Å²) in [5.74, 6) is 0.147. The average Bonchev–Trinajstić information content (AvgIpc) is 3.02. The van der Waals surface area contributed by atoms with Gasteiger partial charge in [0, 0.05) is 42.6 Å². The summed E-state index contributed by atoms with van der Waals surface area (Å²) in [6.45, 7) is 6.46. The number of hydrogen-bond acceptors (Lipinski definition) is 5. The van der Waals surface area contributed by atoms with Crippen LogP contribution in [0.3, 0.4) is 0 Å². The van der Waals surface area contributed by atoms with Crippen molar-refractivity contribution in [1.82, 2.24) is 14.8 Å². The zero-order valence-corrected chi connectivity index (χ0v) is 15.6. The van der Waals surface area contributed by atoms with Gasteiger partial charge in [0.15, 0.2) is 0 Å². The second kappa shape index (κ2) is 7.21. The van der Waals surface area contributed by atoms with Crippen LogP contribution >= 0.6 is 38.6 Å². The van der Waals surface area contributed by atoms with Crippen LogP contribution < -0.4 is 0 Å². The third kappa shape index (κ3) is 3.76. The molecule has 0 saturated carbocycles. The van der Waals surface area contributed by atoms with Crippen molar-refractivity contribution < 1.29 is 4.79 Å². The molecule has 0 N–H and O–H groups in total. The molecule has 1 fully saturated rings. The Morgan fingerprint density at radius 1 is 1.32 bits per heavy atom. The Labute approximate surface area is 146 Å². The van der Waals surface area contributed by atoms with Crippen molar-refractivity contribution in [2.24, 2.45) is 0 Å². The first-order chi connectivity index (χ1) is 10.6. The van der Waals surface area contributed by atoms with Gasteiger partial charge in [-0.3, -0.25) is 9.69 Å². The Bertz CT molecular complexity index is 655. The number of thiazole rings is 1. The predicted molar refractivity (Wildman–Crippen MR) is 94.7 cm³/mol. The number of halogens is 1. The van der Waals surface area contributed by atoms with Gasteiger partial charge in [0.1, 0.15) is 4.88 Å². The summed E-state index contributed by atoms with van der Waals surface area (Å²) in [5.41, 5.74) is 1.14. The molecule has 7 heteroatoms. The Morgan fingerprint density at radius 3 is 2.86 bits per heavy atom. The van der Waals surface area contributed by atoms with Crippen LogP contribution in [0.2, 0.25) is 0 Å². The fraction of sp³-hybridized carbons (Fsp3) is 0.467. The number of carbonyl (C=O) groups is 1. The lowest BCUT2D eigenvalue weighted by Crippen LogP contribution is -2.34. The van der Waals surface area contributed by atoms with Crippen LogP contribution in [0.5, 0.6) is 0 Å². The van der Waals surface area contributed by atoms with Crippen LogP contribution in [0.4, 0.5) is 0 Å². The van der Waals surface area contributed by atoms with Gasteiger partial charge in [-0.15, -0.1) is 22.7 Å². The maximum atomic E-state index is 12.6. The van der Waals surface area contributed by atoms with Crippen molar-refractivity contribution >= 4 is 44.5 Å². The molecule has 1 aliphatic heterocycles. The number of rotatable bonds is 3. The molecule has 4 nitrogen and oxygen atoms in total. The minimum atomic E-state index is 0.147. The van der Waals surface area contributed by atoms with Gasteiger partial charge in [-0.25, -0.2) is 4.98 Å². The maximum Gasteiger partial charge on any atom is 0.265 e. The first-order valence-corrected chi connectivity index (χ1v) is 9.84. The number of aromatic nitrogens is 1. The summed E-state index contributed by atoms with van der Waals surface area (Å²) in [5, 5.41) is 5.20. The summed E-state index contributed by atoms with van der Waals surface area (Å²) >= 11 is 6.66. The van der Waals surface area contributed by atoms with E-state index in [1.807, 2.05) is 23.3 Å². The Morgan fingerprint density at radius 2 is 2.18 bits per heavy atom. The number of hydrogen-bond donors (Lipinski definition) is 0. The minimum Gasteiger partial charge on any atom is -0.337 e. The molecule has 3 rings (SSSR count). The second-order valence-electron chi connectivity index (χ2n) is 5.38. The Balaban J connectivity index is 1.60. The van der Waals surface area contributed by atoms with Gasteiger partial charge in [0.2, 0.25) is 0 Å². The SMILES string of the molecule is Cc1nc(CN2CCCN(C(=O)c3sccc3Br)CC2)cs1. The molecule has 1 saturated heterocycles. The first kappa shape index (κ1) is 16.1. The summed E-state index contributed by atoms with van der Waals surface area (Å²) < 4.78 is 0.904. The van der Waals surface area contributed by atoms with E-state index in [-0.39, 0.29) is 5.91 Å². The van der Waals surface area contributed by atoms with Crippen molar-refractivity contribution in [2.75, 3.05) is 26.2 Å². The van der Waals surface area contributed by atoms with Crippen LogP contribution in [0, 0.1) is 6.92 Å². The highest BCUT2D eigenvalue weighted by Crippen LogP contribution is 2.24. The molecule has 0 bridgehead atoms. The normalized spacial score (nSPS) is 16.7. The molecular formula is C15H18BrN3OS2. The lowest BCUT2D eigenvalue weighted by atomic mass is 10.3. The summed E-state index contributed by atoms with van der Waals surface area (Å²) in [4.78, 5) is 22.3. The lowest BCUT2D eigenvalue weighted by Gasteiger charge is -2.21. The van der Waals surface area contributed by atoms with E-state index < -0.39 is 0 Å². The topological polar surface area (TPSA) is 36.4 Å². The number of aryl methyl sites for hydroxylation is 1. The lowest BCUT2D eigenvalue weighted by molar-refractivity contribution is 0.0765. The first-order valence-electron chi connectivity index (χ1n) is 7.29. The molecule has 0 atom stereocenters. The smallest absolute Gasteiger partial charge is 0.265 e. The summed E-state index contributed by atoms with van der Waals surface area (Å²) in [6.07, 6.45) is 1.01. The molecule has 2 aromatic rings. The molecule has 118 valence electrons. The second-order valence-corrected chi connectivity index (χ2v) is 8.21. The number of thiophene rings is 1. The van der Waals surface area contributed by atoms with Crippen LogP contribution in [0.1, 0.15) is 26.8 Å². The van der Waals surface area contributed by atoms with E-state index in [0.29, 0.717) is 0 Å². The highest BCUT2D eigenvalue weighted by molar-refractivity contribution is 9.10. The van der Waals surface area contributed by atoms with Gasteiger partial charge in [-0.05, 0) is 40.7 Å². The number of amides is 1. The van der Waals surface area contributed by atoms with E-state index in [2.05, 4.69) is 31.2 Å². The molecule has 3 heterocycles. The third-order valence-corrected chi connectivity index (χ3v) is 6.39. The van der Waals surface area contributed by atoms with E-state index >= 15 is 0 Å². The standard InChI is InChI=1S/C15H18BrN3OS2/c1-11-17-12(10-22-11)9-18-4-2-5-19(7-6-18)15(20)14-13(16)3-8-21-14/h3,8,10H,2,4-7,9H2,1H3. The Hall–Kier alpha value is -0.760. The molecule has 22 heavy (non-hydrogen) atoms. The van der Waals surface area contributed by atoms with E-state index in [4.69, 9.17) is 0 Å². The van der Waals surface area contributed by atoms with Gasteiger partial charge in [-0.1, -0.05) is 0 Å². The average molecular weight is 400 g/mol. The van der Waals surface area contributed by atoms with Crippen LogP contribution in [-0.4, -0.2) is 46.9 Å². The predicted octanol–water partition coefficient (Wildman–Crippen LogP) is 3.62. The van der Waals surface area contributed by atoms with Gasteiger partial charge >= 0.3 is 0 Å². The summed E-state index contributed by atoms with van der Waals surface area (Å²) in [7, 11) is 0. The van der Waals surface area contributed by atoms with Crippen LogP contribution in [0.15, 0.2) is 21.3 Å². The monoisotopic (exact) mass is 399 g/mol. The van der Waals surface area contributed by atoms with E-state index in [0.717, 1.165) is 59.2 Å². The molecule has 0 spiro atoms. The zero-order chi connectivity index (χ0) is 15.5. The molecule has 0 aliphatic carbocycles. The van der Waals surface area contributed by atoms with Crippen LogP contribution in [-0.2, 0) is 6.54 Å². The largest absolute Gasteiger partial charge is 0.337 e. The fourth-order valence-electron chi connectivity index (χ4n) is 2.63. The molecule has 2 aromatic heterocycles. The van der Waals surface area contributed by atoms with Crippen molar-refractivity contribution in [3.8, 4) is 0 Å². The molecule has 1 aliphatic rings. The third-order valence-electron chi connectivity index (χ3n) is 3.74. The number of carbonyl (C=O) groups excluding carboxylic acids is 1. The molecule has 0 aromatic carbocycles. The van der Waals surface area contributed by atoms with E-state index in [1.54, 1.807) is 11.3 Å². The van der Waals surface area contributed by atoms with Gasteiger partial charge in [0.25, 0.3) is 5.91 Å². The van der Waals surface area contributed by atoms with Crippen molar-refractivity contribution in [3.05, 3.63) is 36.9 Å². The molecule has 0 radical (unpaired) electrons. The minimum absolute atomic E-state index is 0.147. The molecule has 0 unspecified atom stereocenters. The quantitative estimate of drug-likeness (QED) is 0.790. The van der Waals surface area contributed by atoms with E-state index in [9.17, 15) is 4.79 Å². The fourth-order valence-corrected chi connectivity index (χ4v) is 4.74. The zero-order valence-electron chi connectivity index (χ0n) is 12.4. The van der Waals surface area contributed by atoms with Crippen molar-refractivity contribution in [1.29, 1.82) is 0 Å². The molecule has 1 amide bonds. The van der Waals surface area contributed by atoms with Crippen molar-refractivity contribution in [2.45, 2.75) is 19.9 Å². The highest BCUT2D eigenvalue weighted by Gasteiger charge is 2.22. The van der Waals surface area contributed by atoms with E-state index in [1.165, 1.54) is 11.3 Å². The maximum absolute atomic E-state index is 12.6. The van der Waals surface area contributed by atoms with Gasteiger partial charge < -0.3 is 4.90 Å². The Kier molecular flexibility index (Phi) is 5.28. The van der Waals surface area contributed by atoms with Gasteiger partial charge in [-0.2, -0.15) is 0 Å². The van der Waals surface area contributed by atoms with Gasteiger partial charge in [0.05, 0.1) is 10.7 Å². The highest BCUT2D eigenvalue weighted by atomic mass is 79.9. The summed E-state index contributed by atoms with van der Waals surface area (Å²) in [6, 6.07) is 1.94. The van der Waals surface area contributed by atoms with Crippen LogP contribution in [0.25, 0.3) is 0 Å². The number of nitrogens with zero attached hydrogens (tertiary/aromatic N) is 3. The molecular weight excluding hydrogens is 382 g/mol. The van der Waals surface area contributed by atoms with Crippen molar-refractivity contribution in [3.63, 3.8) is 0 Å².